The number of rotatable bonds is 0. The van der Waals surface area contributed by atoms with E-state index in [-0.39, 0.29) is 0 Å². The van der Waals surface area contributed by atoms with Gasteiger partial charge in [-0.25, -0.2) is 0 Å². The molecule has 0 radical (unpaired) electrons. The molecule has 1 heteroatoms. The minimum absolute atomic E-state index is 0.292. The molecule has 64 valence electrons. The van der Waals surface area contributed by atoms with Crippen LogP contribution in [0.3, 0.4) is 0 Å². The van der Waals surface area contributed by atoms with Crippen molar-refractivity contribution in [1.82, 2.24) is 0 Å². The fourth-order valence-corrected chi connectivity index (χ4v) is 3.00. The highest BCUT2D eigenvalue weighted by Gasteiger charge is 2.43. The normalized spacial score (nSPS) is 34.2. The molecule has 2 aliphatic rings. The molecule has 0 saturated heterocycles. The van der Waals surface area contributed by atoms with E-state index in [0.717, 1.165) is 6.42 Å². The summed E-state index contributed by atoms with van der Waals surface area (Å²) in [6, 6.07) is 11.1. The molecule has 0 aliphatic heterocycles. The van der Waals surface area contributed by atoms with Crippen LogP contribution in [0.4, 0.5) is 0 Å². The Bertz CT molecular complexity index is 388. The van der Waals surface area contributed by atoms with E-state index in [2.05, 4.69) is 30.3 Å². The number of hydrogen-bond donors (Lipinski definition) is 0. The first-order valence-corrected chi connectivity index (χ1v) is 4.88. The lowest BCUT2D eigenvalue weighted by molar-refractivity contribution is 0.583. The van der Waals surface area contributed by atoms with E-state index in [0.29, 0.717) is 17.8 Å². The molecule has 1 aromatic carbocycles. The van der Waals surface area contributed by atoms with Gasteiger partial charge in [-0.2, -0.15) is 5.26 Å². The summed E-state index contributed by atoms with van der Waals surface area (Å²) in [5, 5.41) is 8.96. The van der Waals surface area contributed by atoms with Crippen molar-refractivity contribution >= 4 is 0 Å². The van der Waals surface area contributed by atoms with Gasteiger partial charge in [-0.3, -0.25) is 0 Å². The molecule has 0 aromatic heterocycles. The molecule has 3 atom stereocenters. The van der Waals surface area contributed by atoms with Crippen LogP contribution in [0, 0.1) is 17.2 Å². The van der Waals surface area contributed by atoms with Gasteiger partial charge in [0.15, 0.2) is 0 Å². The quantitative estimate of drug-likeness (QED) is 0.585. The van der Waals surface area contributed by atoms with E-state index in [1.54, 1.807) is 0 Å². The lowest BCUT2D eigenvalue weighted by Gasteiger charge is -2.18. The summed E-state index contributed by atoms with van der Waals surface area (Å²) in [6.07, 6.45) is 2.32. The third kappa shape index (κ3) is 0.808. The van der Waals surface area contributed by atoms with Crippen molar-refractivity contribution in [2.24, 2.45) is 5.92 Å². The first-order valence-electron chi connectivity index (χ1n) is 4.88. The van der Waals surface area contributed by atoms with Crippen LogP contribution >= 0.6 is 0 Å². The summed E-state index contributed by atoms with van der Waals surface area (Å²) < 4.78 is 0. The lowest BCUT2D eigenvalue weighted by atomic mass is 9.85. The van der Waals surface area contributed by atoms with E-state index in [9.17, 15) is 0 Å². The van der Waals surface area contributed by atoms with Gasteiger partial charge in [0, 0.05) is 5.92 Å². The number of benzene rings is 1. The standard InChI is InChI=1S/C12H11N/c13-7-9-5-8-6-12(9)11-4-2-1-3-10(8)11/h1-4,8-9,12H,5-6H2/t8-,9-,12-/m0/s1. The van der Waals surface area contributed by atoms with Gasteiger partial charge in [0.25, 0.3) is 0 Å². The molecule has 1 aromatic rings. The minimum atomic E-state index is 0.292. The van der Waals surface area contributed by atoms with Crippen molar-refractivity contribution in [2.45, 2.75) is 24.7 Å². The van der Waals surface area contributed by atoms with Gasteiger partial charge in [0.1, 0.15) is 0 Å². The van der Waals surface area contributed by atoms with Crippen molar-refractivity contribution in [3.05, 3.63) is 35.4 Å². The molecule has 1 saturated carbocycles. The van der Waals surface area contributed by atoms with Gasteiger partial charge in [-0.1, -0.05) is 24.3 Å². The molecule has 0 heterocycles. The van der Waals surface area contributed by atoms with Gasteiger partial charge in [-0.15, -0.1) is 0 Å². The van der Waals surface area contributed by atoms with Crippen LogP contribution in [0.15, 0.2) is 24.3 Å². The van der Waals surface area contributed by atoms with Crippen LogP contribution in [0.1, 0.15) is 35.8 Å². The Kier molecular flexibility index (Phi) is 1.29. The van der Waals surface area contributed by atoms with Crippen molar-refractivity contribution in [3.63, 3.8) is 0 Å². The highest BCUT2D eigenvalue weighted by Crippen LogP contribution is 2.55. The molecule has 1 fully saturated rings. The lowest BCUT2D eigenvalue weighted by Crippen LogP contribution is -2.07. The second-order valence-electron chi connectivity index (χ2n) is 4.14. The number of nitriles is 1. The Morgan fingerprint density at radius 2 is 1.92 bits per heavy atom. The Balaban J connectivity index is 2.13. The van der Waals surface area contributed by atoms with E-state index in [4.69, 9.17) is 5.26 Å². The molecular weight excluding hydrogens is 158 g/mol. The summed E-state index contributed by atoms with van der Waals surface area (Å²) >= 11 is 0. The summed E-state index contributed by atoms with van der Waals surface area (Å²) in [5.74, 6) is 1.52. The first-order chi connectivity index (χ1) is 6.40. The Labute approximate surface area is 78.0 Å². The summed E-state index contributed by atoms with van der Waals surface area (Å²) in [4.78, 5) is 0. The molecule has 13 heavy (non-hydrogen) atoms. The van der Waals surface area contributed by atoms with E-state index >= 15 is 0 Å². The largest absolute Gasteiger partial charge is 0.198 e. The maximum atomic E-state index is 8.96. The average Bonchev–Trinajstić information content (AvgIpc) is 2.75. The van der Waals surface area contributed by atoms with Crippen molar-refractivity contribution in [1.29, 1.82) is 5.26 Å². The number of nitrogens with zero attached hydrogens (tertiary/aromatic N) is 1. The second kappa shape index (κ2) is 2.35. The van der Waals surface area contributed by atoms with Gasteiger partial charge in [-0.05, 0) is 29.9 Å². The zero-order valence-electron chi connectivity index (χ0n) is 7.40. The summed E-state index contributed by atoms with van der Waals surface area (Å²) in [6.45, 7) is 0. The highest BCUT2D eigenvalue weighted by atomic mass is 14.5. The maximum Gasteiger partial charge on any atom is 0.0662 e. The zero-order valence-corrected chi connectivity index (χ0v) is 7.40. The van der Waals surface area contributed by atoms with Crippen LogP contribution in [-0.2, 0) is 0 Å². The molecule has 0 unspecified atom stereocenters. The van der Waals surface area contributed by atoms with Crippen molar-refractivity contribution < 1.29 is 0 Å². The van der Waals surface area contributed by atoms with Crippen LogP contribution in [0.25, 0.3) is 0 Å². The molecule has 2 aliphatic carbocycles. The SMILES string of the molecule is N#C[C@@H]1C[C@H]2C[C@@H]1c1ccccc12. The average molecular weight is 169 g/mol. The van der Waals surface area contributed by atoms with Gasteiger partial charge >= 0.3 is 0 Å². The van der Waals surface area contributed by atoms with Gasteiger partial charge in [0.05, 0.1) is 12.0 Å². The van der Waals surface area contributed by atoms with E-state index in [1.807, 2.05) is 0 Å². The summed E-state index contributed by atoms with van der Waals surface area (Å²) in [5.41, 5.74) is 2.96. The molecule has 0 spiro atoms. The Morgan fingerprint density at radius 1 is 1.15 bits per heavy atom. The summed E-state index contributed by atoms with van der Waals surface area (Å²) in [7, 11) is 0. The monoisotopic (exact) mass is 169 g/mol. The zero-order chi connectivity index (χ0) is 8.84. The molecule has 0 N–H and O–H groups in total. The van der Waals surface area contributed by atoms with Gasteiger partial charge < -0.3 is 0 Å². The van der Waals surface area contributed by atoms with Crippen LogP contribution in [-0.4, -0.2) is 0 Å². The third-order valence-corrected chi connectivity index (χ3v) is 3.56. The van der Waals surface area contributed by atoms with Gasteiger partial charge in [0.2, 0.25) is 0 Å². The van der Waals surface area contributed by atoms with Crippen molar-refractivity contribution in [2.75, 3.05) is 0 Å². The predicted molar refractivity (Wildman–Crippen MR) is 50.3 cm³/mol. The number of fused-ring (bicyclic) bond motifs is 5. The Hall–Kier alpha value is -1.29. The fourth-order valence-electron chi connectivity index (χ4n) is 3.00. The number of hydrogen-bond acceptors (Lipinski definition) is 1. The molecule has 0 amide bonds. The van der Waals surface area contributed by atoms with E-state index in [1.165, 1.54) is 17.5 Å². The van der Waals surface area contributed by atoms with Crippen LogP contribution < -0.4 is 0 Å². The smallest absolute Gasteiger partial charge is 0.0662 e. The maximum absolute atomic E-state index is 8.96. The Morgan fingerprint density at radius 3 is 2.69 bits per heavy atom. The second-order valence-corrected chi connectivity index (χ2v) is 4.14. The topological polar surface area (TPSA) is 23.8 Å². The molecule has 3 rings (SSSR count). The first kappa shape index (κ1) is 7.15. The van der Waals surface area contributed by atoms with E-state index < -0.39 is 0 Å². The molecular formula is C12H11N. The fraction of sp³-hybridized carbons (Fsp3) is 0.417. The molecule has 1 nitrogen and oxygen atoms in total. The molecule has 2 bridgehead atoms. The predicted octanol–water partition coefficient (Wildman–Crippen LogP) is 2.80. The highest BCUT2D eigenvalue weighted by molar-refractivity contribution is 5.43. The minimum Gasteiger partial charge on any atom is -0.198 e. The third-order valence-electron chi connectivity index (χ3n) is 3.56. The van der Waals surface area contributed by atoms with Crippen LogP contribution in [0.5, 0.6) is 0 Å². The van der Waals surface area contributed by atoms with Crippen molar-refractivity contribution in [3.8, 4) is 6.07 Å². The van der Waals surface area contributed by atoms with Crippen LogP contribution in [0.2, 0.25) is 0 Å².